The van der Waals surface area contributed by atoms with E-state index in [0.717, 1.165) is 34.9 Å². The van der Waals surface area contributed by atoms with Gasteiger partial charge in [-0.3, -0.25) is 9.78 Å². The fourth-order valence-electron chi connectivity index (χ4n) is 2.72. The van der Waals surface area contributed by atoms with E-state index >= 15 is 0 Å². The Bertz CT molecular complexity index is 836. The predicted molar refractivity (Wildman–Crippen MR) is 86.6 cm³/mol. The largest absolute Gasteiger partial charge is 0.488 e. The third-order valence-corrected chi connectivity index (χ3v) is 4.44. The Labute approximate surface area is 137 Å². The second-order valence-corrected chi connectivity index (χ2v) is 5.96. The van der Waals surface area contributed by atoms with Gasteiger partial charge < -0.3 is 9.64 Å². The molecule has 0 spiro atoms. The number of amides is 1. The number of hydrogen-bond acceptors (Lipinski definition) is 6. The normalized spacial score (nSPS) is 17.6. The predicted octanol–water partition coefficient (Wildman–Crippen LogP) is 2.38. The van der Waals surface area contributed by atoms with E-state index in [4.69, 9.17) is 4.74 Å². The Morgan fingerprint density at radius 2 is 2.00 bits per heavy atom. The van der Waals surface area contributed by atoms with E-state index in [1.165, 1.54) is 0 Å². The summed E-state index contributed by atoms with van der Waals surface area (Å²) in [5.74, 6) is 0.801. The summed E-state index contributed by atoms with van der Waals surface area (Å²) >= 11 is 1.16. The standard InChI is InChI=1S/C16H14N4O2S/c21-16(11-1-2-14-15(9-11)19-23-18-14)20-8-5-13(10-20)22-12-3-6-17-7-4-12/h1-4,6-7,9,13H,5,8,10H2. The maximum absolute atomic E-state index is 12.6. The van der Waals surface area contributed by atoms with Crippen LogP contribution in [0.2, 0.25) is 0 Å². The van der Waals surface area contributed by atoms with Gasteiger partial charge in [0.15, 0.2) is 0 Å². The lowest BCUT2D eigenvalue weighted by Crippen LogP contribution is -2.30. The molecule has 1 unspecified atom stereocenters. The van der Waals surface area contributed by atoms with E-state index < -0.39 is 0 Å². The Morgan fingerprint density at radius 1 is 1.17 bits per heavy atom. The minimum absolute atomic E-state index is 0.0146. The van der Waals surface area contributed by atoms with Crippen LogP contribution in [0.1, 0.15) is 16.8 Å². The molecule has 3 aromatic rings. The molecule has 0 bridgehead atoms. The highest BCUT2D eigenvalue weighted by Gasteiger charge is 2.28. The molecule has 1 aliphatic heterocycles. The highest BCUT2D eigenvalue weighted by atomic mass is 32.1. The topological polar surface area (TPSA) is 68.2 Å². The number of pyridine rings is 1. The quantitative estimate of drug-likeness (QED) is 0.739. The van der Waals surface area contributed by atoms with Crippen LogP contribution in [-0.2, 0) is 0 Å². The Balaban J connectivity index is 1.45. The van der Waals surface area contributed by atoms with Crippen molar-refractivity contribution in [1.82, 2.24) is 18.6 Å². The van der Waals surface area contributed by atoms with Crippen molar-refractivity contribution < 1.29 is 9.53 Å². The average Bonchev–Trinajstić information content (AvgIpc) is 3.23. The first-order valence-electron chi connectivity index (χ1n) is 7.38. The van der Waals surface area contributed by atoms with E-state index in [2.05, 4.69) is 13.7 Å². The molecule has 1 fully saturated rings. The molecule has 23 heavy (non-hydrogen) atoms. The van der Waals surface area contributed by atoms with Gasteiger partial charge in [-0.25, -0.2) is 0 Å². The lowest BCUT2D eigenvalue weighted by molar-refractivity contribution is 0.0772. The van der Waals surface area contributed by atoms with Crippen LogP contribution in [-0.4, -0.2) is 43.7 Å². The van der Waals surface area contributed by atoms with Crippen LogP contribution in [0.25, 0.3) is 11.0 Å². The van der Waals surface area contributed by atoms with Crippen LogP contribution in [0.15, 0.2) is 42.7 Å². The first-order valence-corrected chi connectivity index (χ1v) is 8.11. The molecule has 1 atom stereocenters. The number of ether oxygens (including phenoxy) is 1. The van der Waals surface area contributed by atoms with E-state index in [-0.39, 0.29) is 12.0 Å². The van der Waals surface area contributed by atoms with Gasteiger partial charge in [0.25, 0.3) is 5.91 Å². The van der Waals surface area contributed by atoms with Gasteiger partial charge in [-0.1, -0.05) is 0 Å². The smallest absolute Gasteiger partial charge is 0.254 e. The zero-order valence-electron chi connectivity index (χ0n) is 12.3. The van der Waals surface area contributed by atoms with Gasteiger partial charge in [-0.2, -0.15) is 8.75 Å². The van der Waals surface area contributed by atoms with Crippen molar-refractivity contribution in [2.75, 3.05) is 13.1 Å². The molecule has 1 aromatic carbocycles. The summed E-state index contributed by atoms with van der Waals surface area (Å²) in [5.41, 5.74) is 2.24. The third-order valence-electron chi connectivity index (χ3n) is 3.89. The van der Waals surface area contributed by atoms with Gasteiger partial charge in [0.2, 0.25) is 0 Å². The lowest BCUT2D eigenvalue weighted by atomic mass is 10.2. The van der Waals surface area contributed by atoms with Crippen LogP contribution in [0.4, 0.5) is 0 Å². The lowest BCUT2D eigenvalue weighted by Gasteiger charge is -2.17. The minimum Gasteiger partial charge on any atom is -0.488 e. The SMILES string of the molecule is O=C(c1ccc2nsnc2c1)N1CCC(Oc2ccncc2)C1. The molecule has 0 radical (unpaired) electrons. The average molecular weight is 326 g/mol. The highest BCUT2D eigenvalue weighted by molar-refractivity contribution is 7.00. The van der Waals surface area contributed by atoms with Crippen molar-refractivity contribution in [1.29, 1.82) is 0 Å². The minimum atomic E-state index is 0.0146. The summed E-state index contributed by atoms with van der Waals surface area (Å²) in [4.78, 5) is 18.4. The monoisotopic (exact) mass is 326 g/mol. The molecule has 1 amide bonds. The van der Waals surface area contributed by atoms with E-state index in [1.807, 2.05) is 29.2 Å². The fraction of sp³-hybridized carbons (Fsp3) is 0.250. The summed E-state index contributed by atoms with van der Waals surface area (Å²) in [6, 6.07) is 9.11. The second-order valence-electron chi connectivity index (χ2n) is 5.43. The van der Waals surface area contributed by atoms with Gasteiger partial charge in [-0.05, 0) is 30.3 Å². The number of nitrogens with zero attached hydrogens (tertiary/aromatic N) is 4. The third kappa shape index (κ3) is 2.87. The molecule has 116 valence electrons. The zero-order chi connectivity index (χ0) is 15.6. The summed E-state index contributed by atoms with van der Waals surface area (Å²) in [6.45, 7) is 1.29. The number of fused-ring (bicyclic) bond motifs is 1. The summed E-state index contributed by atoms with van der Waals surface area (Å²) in [5, 5.41) is 0. The van der Waals surface area contributed by atoms with Crippen LogP contribution in [0.5, 0.6) is 5.75 Å². The van der Waals surface area contributed by atoms with Crippen LogP contribution < -0.4 is 4.74 Å². The maximum atomic E-state index is 12.6. The van der Waals surface area contributed by atoms with E-state index in [9.17, 15) is 4.79 Å². The molecule has 2 aromatic heterocycles. The van der Waals surface area contributed by atoms with Crippen LogP contribution in [0.3, 0.4) is 0 Å². The zero-order valence-corrected chi connectivity index (χ0v) is 13.1. The molecule has 6 nitrogen and oxygen atoms in total. The maximum Gasteiger partial charge on any atom is 0.254 e. The number of benzene rings is 1. The van der Waals surface area contributed by atoms with Gasteiger partial charge >= 0.3 is 0 Å². The summed E-state index contributed by atoms with van der Waals surface area (Å²) < 4.78 is 14.2. The van der Waals surface area contributed by atoms with Gasteiger partial charge in [0.05, 0.1) is 18.3 Å². The number of likely N-dealkylation sites (tertiary alicyclic amines) is 1. The highest BCUT2D eigenvalue weighted by Crippen LogP contribution is 2.21. The van der Waals surface area contributed by atoms with Crippen molar-refractivity contribution in [3.05, 3.63) is 48.3 Å². The molecule has 1 aliphatic rings. The molecule has 0 N–H and O–H groups in total. The van der Waals surface area contributed by atoms with E-state index in [1.54, 1.807) is 18.5 Å². The molecule has 4 rings (SSSR count). The molecule has 0 saturated carbocycles. The number of aromatic nitrogens is 3. The second kappa shape index (κ2) is 5.92. The van der Waals surface area contributed by atoms with Crippen molar-refractivity contribution in [2.45, 2.75) is 12.5 Å². The number of carbonyl (C=O) groups excluding carboxylic acids is 1. The Morgan fingerprint density at radius 3 is 2.87 bits per heavy atom. The summed E-state index contributed by atoms with van der Waals surface area (Å²) in [6.07, 6.45) is 4.24. The molecule has 1 saturated heterocycles. The Hall–Kier alpha value is -2.54. The molecule has 0 aliphatic carbocycles. The van der Waals surface area contributed by atoms with Gasteiger partial charge in [0.1, 0.15) is 22.9 Å². The molecule has 7 heteroatoms. The van der Waals surface area contributed by atoms with Crippen LogP contribution >= 0.6 is 11.7 Å². The molecular formula is C16H14N4O2S. The Kier molecular flexibility index (Phi) is 3.63. The van der Waals surface area contributed by atoms with Crippen molar-refractivity contribution in [3.8, 4) is 5.75 Å². The van der Waals surface area contributed by atoms with Crippen molar-refractivity contribution in [3.63, 3.8) is 0 Å². The van der Waals surface area contributed by atoms with Gasteiger partial charge in [-0.15, -0.1) is 0 Å². The fourth-order valence-corrected chi connectivity index (χ4v) is 3.23. The van der Waals surface area contributed by atoms with E-state index in [0.29, 0.717) is 18.7 Å². The number of rotatable bonds is 3. The van der Waals surface area contributed by atoms with Crippen molar-refractivity contribution >= 4 is 28.7 Å². The van der Waals surface area contributed by atoms with Gasteiger partial charge in [0, 0.05) is 30.9 Å². The first-order chi connectivity index (χ1) is 11.3. The number of carbonyl (C=O) groups is 1. The van der Waals surface area contributed by atoms with Crippen molar-refractivity contribution in [2.24, 2.45) is 0 Å². The summed E-state index contributed by atoms with van der Waals surface area (Å²) in [7, 11) is 0. The molecule has 3 heterocycles. The first kappa shape index (κ1) is 14.1. The van der Waals surface area contributed by atoms with Crippen LogP contribution in [0, 0.1) is 0 Å². The molecular weight excluding hydrogens is 312 g/mol. The number of hydrogen-bond donors (Lipinski definition) is 0.